The summed E-state index contributed by atoms with van der Waals surface area (Å²) >= 11 is 0. The van der Waals surface area contributed by atoms with Gasteiger partial charge >= 0.3 is 6.18 Å². The van der Waals surface area contributed by atoms with Crippen molar-refractivity contribution < 1.29 is 13.2 Å². The summed E-state index contributed by atoms with van der Waals surface area (Å²) in [6.45, 7) is 0.375. The second-order valence-corrected chi connectivity index (χ2v) is 3.93. The molecule has 0 aliphatic rings. The van der Waals surface area contributed by atoms with E-state index in [-0.39, 0.29) is 24.5 Å². The van der Waals surface area contributed by atoms with Gasteiger partial charge in [-0.25, -0.2) is 9.97 Å². The predicted octanol–water partition coefficient (Wildman–Crippen LogP) is 1.28. The first kappa shape index (κ1) is 13.9. The summed E-state index contributed by atoms with van der Waals surface area (Å²) < 4.78 is 38.3. The van der Waals surface area contributed by atoms with Crippen molar-refractivity contribution in [1.82, 2.24) is 20.2 Å². The molecule has 0 aromatic carbocycles. The largest absolute Gasteiger partial charge is 0.433 e. The molecule has 1 aromatic rings. The van der Waals surface area contributed by atoms with Gasteiger partial charge in [-0.05, 0) is 21.1 Å². The third-order valence-corrected chi connectivity index (χ3v) is 2.01. The Morgan fingerprint density at radius 1 is 1.35 bits per heavy atom. The van der Waals surface area contributed by atoms with Crippen molar-refractivity contribution in [2.75, 3.05) is 21.1 Å². The third-order valence-electron chi connectivity index (χ3n) is 2.01. The lowest BCUT2D eigenvalue weighted by molar-refractivity contribution is -0.142. The average Bonchev–Trinajstić information content (AvgIpc) is 2.18. The standard InChI is InChI=1S/C10H15F3N4/c1-14-4-7-5-15-8(6-17(2)3)16-9(7)10(11,12)13/h5,14H,4,6H2,1-3H3. The molecular weight excluding hydrogens is 233 g/mol. The summed E-state index contributed by atoms with van der Waals surface area (Å²) in [6.07, 6.45) is -3.22. The Kier molecular flexibility index (Phi) is 4.41. The van der Waals surface area contributed by atoms with Crippen molar-refractivity contribution in [2.45, 2.75) is 19.3 Å². The highest BCUT2D eigenvalue weighted by molar-refractivity contribution is 5.20. The molecule has 4 nitrogen and oxygen atoms in total. The quantitative estimate of drug-likeness (QED) is 0.871. The van der Waals surface area contributed by atoms with Crippen molar-refractivity contribution in [2.24, 2.45) is 0 Å². The van der Waals surface area contributed by atoms with Crippen LogP contribution in [0.1, 0.15) is 17.1 Å². The van der Waals surface area contributed by atoms with Crippen LogP contribution in [0.25, 0.3) is 0 Å². The second kappa shape index (κ2) is 5.42. The van der Waals surface area contributed by atoms with Gasteiger partial charge in [0, 0.05) is 18.3 Å². The summed E-state index contributed by atoms with van der Waals surface area (Å²) in [6, 6.07) is 0. The highest BCUT2D eigenvalue weighted by atomic mass is 19.4. The number of hydrogen-bond acceptors (Lipinski definition) is 4. The molecule has 1 aromatic heterocycles. The maximum absolute atomic E-state index is 12.8. The zero-order valence-corrected chi connectivity index (χ0v) is 9.97. The van der Waals surface area contributed by atoms with Crippen molar-refractivity contribution in [1.29, 1.82) is 0 Å². The number of rotatable bonds is 4. The Balaban J connectivity index is 3.10. The van der Waals surface area contributed by atoms with Gasteiger partial charge in [0.2, 0.25) is 0 Å². The van der Waals surface area contributed by atoms with Crippen LogP contribution in [0.15, 0.2) is 6.20 Å². The Morgan fingerprint density at radius 2 is 2.00 bits per heavy atom. The first-order chi connectivity index (χ1) is 7.84. The van der Waals surface area contributed by atoms with E-state index in [1.54, 1.807) is 26.0 Å². The van der Waals surface area contributed by atoms with E-state index < -0.39 is 11.9 Å². The van der Waals surface area contributed by atoms with E-state index in [0.29, 0.717) is 0 Å². The lowest BCUT2D eigenvalue weighted by atomic mass is 10.2. The second-order valence-electron chi connectivity index (χ2n) is 3.93. The summed E-state index contributed by atoms with van der Waals surface area (Å²) in [7, 11) is 5.07. The van der Waals surface area contributed by atoms with Crippen molar-refractivity contribution >= 4 is 0 Å². The van der Waals surface area contributed by atoms with Crippen LogP contribution < -0.4 is 5.32 Å². The smallest absolute Gasteiger partial charge is 0.316 e. The Hall–Kier alpha value is -1.21. The number of alkyl halides is 3. The van der Waals surface area contributed by atoms with Crippen LogP contribution in [-0.2, 0) is 19.3 Å². The maximum atomic E-state index is 12.8. The van der Waals surface area contributed by atoms with Gasteiger partial charge in [0.15, 0.2) is 5.69 Å². The summed E-state index contributed by atoms with van der Waals surface area (Å²) in [5, 5.41) is 2.67. The van der Waals surface area contributed by atoms with Crippen molar-refractivity contribution in [3.63, 3.8) is 0 Å². The molecule has 0 aliphatic carbocycles. The topological polar surface area (TPSA) is 41.1 Å². The molecule has 1 heterocycles. The van der Waals surface area contributed by atoms with E-state index in [4.69, 9.17) is 0 Å². The average molecular weight is 248 g/mol. The molecule has 0 unspecified atom stereocenters. The first-order valence-electron chi connectivity index (χ1n) is 5.06. The minimum atomic E-state index is -4.45. The zero-order chi connectivity index (χ0) is 13.1. The van der Waals surface area contributed by atoms with E-state index in [2.05, 4.69) is 15.3 Å². The predicted molar refractivity (Wildman–Crippen MR) is 57.2 cm³/mol. The van der Waals surface area contributed by atoms with Crippen molar-refractivity contribution in [3.05, 3.63) is 23.3 Å². The Bertz CT molecular complexity index is 376. The summed E-state index contributed by atoms with van der Waals surface area (Å²) in [5.41, 5.74) is -0.804. The van der Waals surface area contributed by atoms with E-state index >= 15 is 0 Å². The van der Waals surface area contributed by atoms with Crippen LogP contribution >= 0.6 is 0 Å². The van der Waals surface area contributed by atoms with Gasteiger partial charge in [0.25, 0.3) is 0 Å². The van der Waals surface area contributed by atoms with E-state index in [1.807, 2.05) is 0 Å². The molecule has 1 rings (SSSR count). The molecule has 17 heavy (non-hydrogen) atoms. The summed E-state index contributed by atoms with van der Waals surface area (Å²) in [5.74, 6) is 0.169. The Labute approximate surface area is 97.9 Å². The van der Waals surface area contributed by atoms with E-state index in [1.165, 1.54) is 6.20 Å². The molecule has 0 bridgehead atoms. The van der Waals surface area contributed by atoms with E-state index in [9.17, 15) is 13.2 Å². The molecule has 0 atom stereocenters. The van der Waals surface area contributed by atoms with Crippen LogP contribution in [0.5, 0.6) is 0 Å². The number of aromatic nitrogens is 2. The molecule has 0 saturated heterocycles. The molecular formula is C10H15F3N4. The molecule has 0 saturated carbocycles. The summed E-state index contributed by atoms with van der Waals surface area (Å²) in [4.78, 5) is 9.22. The van der Waals surface area contributed by atoms with E-state index in [0.717, 1.165) is 0 Å². The molecule has 96 valence electrons. The number of hydrogen-bond donors (Lipinski definition) is 1. The van der Waals surface area contributed by atoms with Gasteiger partial charge in [-0.3, -0.25) is 0 Å². The van der Waals surface area contributed by atoms with Gasteiger partial charge < -0.3 is 10.2 Å². The van der Waals surface area contributed by atoms with Gasteiger partial charge in [0.1, 0.15) is 5.82 Å². The minimum Gasteiger partial charge on any atom is -0.316 e. The third kappa shape index (κ3) is 3.94. The molecule has 0 spiro atoms. The lowest BCUT2D eigenvalue weighted by Crippen LogP contribution is -2.20. The molecule has 0 aliphatic heterocycles. The zero-order valence-electron chi connectivity index (χ0n) is 9.97. The van der Waals surface area contributed by atoms with Gasteiger partial charge in [-0.15, -0.1) is 0 Å². The van der Waals surface area contributed by atoms with Gasteiger partial charge in [-0.1, -0.05) is 0 Å². The number of nitrogens with one attached hydrogen (secondary N) is 1. The van der Waals surface area contributed by atoms with Crippen LogP contribution in [0.3, 0.4) is 0 Å². The van der Waals surface area contributed by atoms with Crippen LogP contribution in [0, 0.1) is 0 Å². The lowest BCUT2D eigenvalue weighted by Gasteiger charge is -2.14. The number of halogens is 3. The van der Waals surface area contributed by atoms with Crippen LogP contribution in [0.4, 0.5) is 13.2 Å². The maximum Gasteiger partial charge on any atom is 0.433 e. The SMILES string of the molecule is CNCc1cnc(CN(C)C)nc1C(F)(F)F. The fourth-order valence-corrected chi connectivity index (χ4v) is 1.37. The fraction of sp³-hybridized carbons (Fsp3) is 0.600. The monoisotopic (exact) mass is 248 g/mol. The minimum absolute atomic E-state index is 0.0579. The molecule has 0 radical (unpaired) electrons. The van der Waals surface area contributed by atoms with Crippen LogP contribution in [0.2, 0.25) is 0 Å². The Morgan fingerprint density at radius 3 is 2.47 bits per heavy atom. The normalized spacial score (nSPS) is 12.2. The molecule has 1 N–H and O–H groups in total. The highest BCUT2D eigenvalue weighted by Crippen LogP contribution is 2.30. The van der Waals surface area contributed by atoms with Gasteiger partial charge in [-0.2, -0.15) is 13.2 Å². The number of nitrogens with zero attached hydrogens (tertiary/aromatic N) is 3. The molecule has 0 fully saturated rings. The highest BCUT2D eigenvalue weighted by Gasteiger charge is 2.35. The molecule has 0 amide bonds. The van der Waals surface area contributed by atoms with Crippen LogP contribution in [-0.4, -0.2) is 36.0 Å². The fourth-order valence-electron chi connectivity index (χ4n) is 1.37. The molecule has 7 heteroatoms. The first-order valence-corrected chi connectivity index (χ1v) is 5.06. The van der Waals surface area contributed by atoms with Gasteiger partial charge in [0.05, 0.1) is 6.54 Å². The van der Waals surface area contributed by atoms with Crippen molar-refractivity contribution in [3.8, 4) is 0 Å².